The van der Waals surface area contributed by atoms with Gasteiger partial charge in [-0.2, -0.15) is 0 Å². The highest BCUT2D eigenvalue weighted by Gasteiger charge is 2.20. The molecule has 0 radical (unpaired) electrons. The summed E-state index contributed by atoms with van der Waals surface area (Å²) in [6.07, 6.45) is -0.659. The zero-order valence-electron chi connectivity index (χ0n) is 13.3. The third-order valence-electron chi connectivity index (χ3n) is 3.06. The largest absolute Gasteiger partial charge is 0.478 e. The molecule has 0 aromatic carbocycles. The number of aliphatic hydroxyl groups excluding tert-OH is 1. The first-order valence-electron chi connectivity index (χ1n) is 6.79. The van der Waals surface area contributed by atoms with E-state index in [9.17, 15) is 15.0 Å². The molecule has 2 N–H and O–H groups in total. The first kappa shape index (κ1) is 17.4. The standard InChI is InChI=1S/C15H24N2O4/c1-15(2,3)12-6-10(14(19)20)7-13(16-12)17(4)8-11(18)9-21-5/h6-7,11,18H,8-9H2,1-5H3,(H,19,20). The Bertz CT molecular complexity index is 497. The summed E-state index contributed by atoms with van der Waals surface area (Å²) in [5, 5.41) is 19.0. The van der Waals surface area contributed by atoms with E-state index in [1.807, 2.05) is 20.8 Å². The van der Waals surface area contributed by atoms with E-state index in [-0.39, 0.29) is 17.6 Å². The lowest BCUT2D eigenvalue weighted by atomic mass is 9.90. The number of hydrogen-bond donors (Lipinski definition) is 2. The van der Waals surface area contributed by atoms with Crippen molar-refractivity contribution in [2.24, 2.45) is 0 Å². The average Bonchev–Trinajstić information content (AvgIpc) is 2.37. The number of aromatic carboxylic acids is 1. The van der Waals surface area contributed by atoms with E-state index in [2.05, 4.69) is 4.98 Å². The lowest BCUT2D eigenvalue weighted by molar-refractivity contribution is 0.0694. The molecule has 0 fully saturated rings. The van der Waals surface area contributed by atoms with Gasteiger partial charge >= 0.3 is 5.97 Å². The highest BCUT2D eigenvalue weighted by molar-refractivity contribution is 5.88. The molecule has 6 heteroatoms. The van der Waals surface area contributed by atoms with Crippen molar-refractivity contribution in [3.63, 3.8) is 0 Å². The van der Waals surface area contributed by atoms with Gasteiger partial charge in [0.05, 0.1) is 18.3 Å². The number of carboxylic acids is 1. The average molecular weight is 296 g/mol. The van der Waals surface area contributed by atoms with Gasteiger partial charge in [0.2, 0.25) is 0 Å². The van der Waals surface area contributed by atoms with Gasteiger partial charge in [0.15, 0.2) is 0 Å². The van der Waals surface area contributed by atoms with Crippen LogP contribution in [0.5, 0.6) is 0 Å². The van der Waals surface area contributed by atoms with Gasteiger partial charge in [-0.05, 0) is 12.1 Å². The second-order valence-electron chi connectivity index (χ2n) is 6.14. The summed E-state index contributed by atoms with van der Waals surface area (Å²) >= 11 is 0. The Balaban J connectivity index is 3.10. The fourth-order valence-electron chi connectivity index (χ4n) is 1.87. The number of nitrogens with zero attached hydrogens (tertiary/aromatic N) is 2. The summed E-state index contributed by atoms with van der Waals surface area (Å²) in [7, 11) is 3.28. The van der Waals surface area contributed by atoms with E-state index >= 15 is 0 Å². The number of rotatable bonds is 6. The number of anilines is 1. The van der Waals surface area contributed by atoms with Gasteiger partial charge in [0, 0.05) is 31.8 Å². The van der Waals surface area contributed by atoms with Gasteiger partial charge in [0.1, 0.15) is 5.82 Å². The predicted molar refractivity (Wildman–Crippen MR) is 81.0 cm³/mol. The molecule has 6 nitrogen and oxygen atoms in total. The van der Waals surface area contributed by atoms with Gasteiger partial charge in [0.25, 0.3) is 0 Å². The summed E-state index contributed by atoms with van der Waals surface area (Å²) in [6, 6.07) is 3.10. The molecule has 1 aromatic heterocycles. The van der Waals surface area contributed by atoms with Crippen molar-refractivity contribution < 1.29 is 19.7 Å². The van der Waals surface area contributed by atoms with E-state index in [1.54, 1.807) is 18.0 Å². The Labute approximate surface area is 125 Å². The summed E-state index contributed by atoms with van der Waals surface area (Å²) in [6.45, 7) is 6.46. The monoisotopic (exact) mass is 296 g/mol. The molecule has 118 valence electrons. The van der Waals surface area contributed by atoms with Crippen molar-refractivity contribution in [3.8, 4) is 0 Å². The highest BCUT2D eigenvalue weighted by Crippen LogP contribution is 2.24. The van der Waals surface area contributed by atoms with Crippen molar-refractivity contribution in [1.82, 2.24) is 4.98 Å². The fraction of sp³-hybridized carbons (Fsp3) is 0.600. The number of aliphatic hydroxyl groups is 1. The van der Waals surface area contributed by atoms with E-state index in [0.29, 0.717) is 18.1 Å². The Morgan fingerprint density at radius 1 is 1.43 bits per heavy atom. The molecular weight excluding hydrogens is 272 g/mol. The molecule has 0 aliphatic rings. The minimum Gasteiger partial charge on any atom is -0.478 e. The zero-order valence-corrected chi connectivity index (χ0v) is 13.3. The lowest BCUT2D eigenvalue weighted by Gasteiger charge is -2.25. The van der Waals surface area contributed by atoms with Crippen molar-refractivity contribution >= 4 is 11.8 Å². The molecule has 0 amide bonds. The maximum atomic E-state index is 11.3. The van der Waals surface area contributed by atoms with Crippen LogP contribution in [0.1, 0.15) is 36.8 Å². The number of carbonyl (C=O) groups is 1. The van der Waals surface area contributed by atoms with Gasteiger partial charge < -0.3 is 19.8 Å². The van der Waals surface area contributed by atoms with Crippen LogP contribution in [0, 0.1) is 0 Å². The van der Waals surface area contributed by atoms with Gasteiger partial charge in [-0.3, -0.25) is 0 Å². The maximum absolute atomic E-state index is 11.3. The van der Waals surface area contributed by atoms with Crippen molar-refractivity contribution in [3.05, 3.63) is 23.4 Å². The van der Waals surface area contributed by atoms with Crippen LogP contribution < -0.4 is 4.90 Å². The van der Waals surface area contributed by atoms with E-state index in [1.165, 1.54) is 13.2 Å². The first-order chi connectivity index (χ1) is 9.65. The topological polar surface area (TPSA) is 82.9 Å². The molecule has 1 atom stereocenters. The number of pyridine rings is 1. The number of hydrogen-bond acceptors (Lipinski definition) is 5. The van der Waals surface area contributed by atoms with Crippen LogP contribution in [-0.2, 0) is 10.2 Å². The minimum atomic E-state index is -0.991. The van der Waals surface area contributed by atoms with Crippen LogP contribution in [0.4, 0.5) is 5.82 Å². The molecule has 1 heterocycles. The number of ether oxygens (including phenoxy) is 1. The van der Waals surface area contributed by atoms with E-state index in [0.717, 1.165) is 0 Å². The summed E-state index contributed by atoms with van der Waals surface area (Å²) in [5.41, 5.74) is 0.634. The third-order valence-corrected chi connectivity index (χ3v) is 3.06. The smallest absolute Gasteiger partial charge is 0.335 e. The first-order valence-corrected chi connectivity index (χ1v) is 6.79. The highest BCUT2D eigenvalue weighted by atomic mass is 16.5. The van der Waals surface area contributed by atoms with Crippen LogP contribution in [0.3, 0.4) is 0 Å². The van der Waals surface area contributed by atoms with Gasteiger partial charge in [-0.1, -0.05) is 20.8 Å². The molecule has 0 aliphatic heterocycles. The molecular formula is C15H24N2O4. The Kier molecular flexibility index (Phi) is 5.69. The summed E-state index contributed by atoms with van der Waals surface area (Å²) < 4.78 is 4.89. The number of carboxylic acid groups (broad SMARTS) is 1. The van der Waals surface area contributed by atoms with Crippen LogP contribution >= 0.6 is 0 Å². The molecule has 1 aromatic rings. The molecule has 0 spiro atoms. The molecule has 0 saturated heterocycles. The maximum Gasteiger partial charge on any atom is 0.335 e. The number of likely N-dealkylation sites (N-methyl/N-ethyl adjacent to an activating group) is 1. The summed E-state index contributed by atoms with van der Waals surface area (Å²) in [4.78, 5) is 17.5. The van der Waals surface area contributed by atoms with Gasteiger partial charge in [-0.25, -0.2) is 9.78 Å². The minimum absolute atomic E-state index is 0.193. The Morgan fingerprint density at radius 2 is 2.05 bits per heavy atom. The normalized spacial score (nSPS) is 13.0. The van der Waals surface area contributed by atoms with Crippen LogP contribution in [0.15, 0.2) is 12.1 Å². The second-order valence-corrected chi connectivity index (χ2v) is 6.14. The number of aromatic nitrogens is 1. The zero-order chi connectivity index (χ0) is 16.2. The lowest BCUT2D eigenvalue weighted by Crippen LogP contribution is -2.33. The molecule has 1 unspecified atom stereocenters. The molecule has 0 bridgehead atoms. The quantitative estimate of drug-likeness (QED) is 0.828. The second kappa shape index (κ2) is 6.87. The van der Waals surface area contributed by atoms with Crippen LogP contribution in [0.2, 0.25) is 0 Å². The molecule has 0 saturated carbocycles. The molecule has 21 heavy (non-hydrogen) atoms. The predicted octanol–water partition coefficient (Wildman–Crippen LogP) is 1.52. The van der Waals surface area contributed by atoms with Crippen LogP contribution in [0.25, 0.3) is 0 Å². The van der Waals surface area contributed by atoms with E-state index in [4.69, 9.17) is 4.74 Å². The van der Waals surface area contributed by atoms with E-state index < -0.39 is 12.1 Å². The van der Waals surface area contributed by atoms with Crippen molar-refractivity contribution in [1.29, 1.82) is 0 Å². The third kappa shape index (κ3) is 4.99. The number of methoxy groups -OCH3 is 1. The van der Waals surface area contributed by atoms with Gasteiger partial charge in [-0.15, -0.1) is 0 Å². The van der Waals surface area contributed by atoms with Crippen LogP contribution in [-0.4, -0.2) is 54.6 Å². The molecule has 1 rings (SSSR count). The van der Waals surface area contributed by atoms with Crippen molar-refractivity contribution in [2.45, 2.75) is 32.3 Å². The summed E-state index contributed by atoms with van der Waals surface area (Å²) in [5.74, 6) is -0.468. The van der Waals surface area contributed by atoms with Crippen molar-refractivity contribution in [2.75, 3.05) is 32.2 Å². The Hall–Kier alpha value is -1.66. The fourth-order valence-corrected chi connectivity index (χ4v) is 1.87. The SMILES string of the molecule is COCC(O)CN(C)c1cc(C(=O)O)cc(C(C)(C)C)n1. The molecule has 0 aliphatic carbocycles. The Morgan fingerprint density at radius 3 is 2.52 bits per heavy atom.